The quantitative estimate of drug-likeness (QED) is 0.673. The molecular formula is C11H23N. The van der Waals surface area contributed by atoms with Crippen LogP contribution in [0.1, 0.15) is 46.0 Å². The van der Waals surface area contributed by atoms with E-state index in [1.165, 1.54) is 32.1 Å². The Balaban J connectivity index is 2.13. The maximum atomic E-state index is 5.67. The zero-order chi connectivity index (χ0) is 8.97. The molecule has 0 aromatic heterocycles. The predicted molar refractivity (Wildman–Crippen MR) is 54.0 cm³/mol. The van der Waals surface area contributed by atoms with Gasteiger partial charge in [-0.15, -0.1) is 0 Å². The second kappa shape index (κ2) is 4.86. The van der Waals surface area contributed by atoms with Crippen LogP contribution in [0.5, 0.6) is 0 Å². The van der Waals surface area contributed by atoms with Crippen LogP contribution in [0, 0.1) is 17.8 Å². The molecule has 1 rings (SSSR count). The molecule has 0 aromatic carbocycles. The number of hydrogen-bond donors (Lipinski definition) is 1. The molecule has 1 nitrogen and oxygen atoms in total. The van der Waals surface area contributed by atoms with Gasteiger partial charge < -0.3 is 5.73 Å². The SMILES string of the molecule is CCCC(C)CC1CCC1CN. The lowest BCUT2D eigenvalue weighted by atomic mass is 9.69. The molecule has 0 spiro atoms. The molecule has 1 aliphatic carbocycles. The summed E-state index contributed by atoms with van der Waals surface area (Å²) >= 11 is 0. The maximum absolute atomic E-state index is 5.67. The van der Waals surface area contributed by atoms with Gasteiger partial charge >= 0.3 is 0 Å². The third-order valence-corrected chi connectivity index (χ3v) is 3.36. The van der Waals surface area contributed by atoms with Gasteiger partial charge in [0.15, 0.2) is 0 Å². The molecule has 1 saturated carbocycles. The van der Waals surface area contributed by atoms with Crippen LogP contribution in [0.25, 0.3) is 0 Å². The third kappa shape index (κ3) is 2.48. The highest BCUT2D eigenvalue weighted by atomic mass is 14.6. The van der Waals surface area contributed by atoms with E-state index in [1.54, 1.807) is 0 Å². The molecule has 0 saturated heterocycles. The van der Waals surface area contributed by atoms with E-state index in [0.29, 0.717) is 0 Å². The van der Waals surface area contributed by atoms with Gasteiger partial charge in [0.2, 0.25) is 0 Å². The van der Waals surface area contributed by atoms with Crippen molar-refractivity contribution in [1.29, 1.82) is 0 Å². The van der Waals surface area contributed by atoms with Gasteiger partial charge in [0, 0.05) is 0 Å². The van der Waals surface area contributed by atoms with E-state index in [2.05, 4.69) is 13.8 Å². The molecule has 1 aliphatic rings. The van der Waals surface area contributed by atoms with Gasteiger partial charge in [0.1, 0.15) is 0 Å². The van der Waals surface area contributed by atoms with Crippen molar-refractivity contribution in [1.82, 2.24) is 0 Å². The van der Waals surface area contributed by atoms with Crippen LogP contribution in [-0.4, -0.2) is 6.54 Å². The van der Waals surface area contributed by atoms with E-state index in [4.69, 9.17) is 5.73 Å². The van der Waals surface area contributed by atoms with Gasteiger partial charge in [-0.25, -0.2) is 0 Å². The van der Waals surface area contributed by atoms with E-state index in [-0.39, 0.29) is 0 Å². The number of rotatable bonds is 5. The van der Waals surface area contributed by atoms with Gasteiger partial charge in [-0.1, -0.05) is 26.7 Å². The van der Waals surface area contributed by atoms with Crippen molar-refractivity contribution in [2.24, 2.45) is 23.5 Å². The Kier molecular flexibility index (Phi) is 4.07. The summed E-state index contributed by atoms with van der Waals surface area (Å²) in [5.74, 6) is 2.76. The standard InChI is InChI=1S/C11H23N/c1-3-4-9(2)7-10-5-6-11(10)8-12/h9-11H,3-8,12H2,1-2H3. The molecule has 0 radical (unpaired) electrons. The minimum Gasteiger partial charge on any atom is -0.330 e. The van der Waals surface area contributed by atoms with Crippen molar-refractivity contribution >= 4 is 0 Å². The van der Waals surface area contributed by atoms with Crippen molar-refractivity contribution in [3.63, 3.8) is 0 Å². The molecule has 0 amide bonds. The molecule has 0 bridgehead atoms. The molecule has 72 valence electrons. The molecule has 0 aromatic rings. The molecule has 0 heterocycles. The summed E-state index contributed by atoms with van der Waals surface area (Å²) < 4.78 is 0. The molecule has 3 unspecified atom stereocenters. The van der Waals surface area contributed by atoms with Gasteiger partial charge in [-0.3, -0.25) is 0 Å². The first-order valence-corrected chi connectivity index (χ1v) is 5.48. The molecule has 3 atom stereocenters. The number of hydrogen-bond acceptors (Lipinski definition) is 1. The second-order valence-corrected chi connectivity index (χ2v) is 4.46. The fourth-order valence-corrected chi connectivity index (χ4v) is 2.39. The van der Waals surface area contributed by atoms with Crippen LogP contribution in [0.15, 0.2) is 0 Å². The summed E-state index contributed by atoms with van der Waals surface area (Å²) in [6, 6.07) is 0. The Bertz CT molecular complexity index is 120. The van der Waals surface area contributed by atoms with E-state index >= 15 is 0 Å². The molecular weight excluding hydrogens is 146 g/mol. The minimum atomic E-state index is 0.865. The van der Waals surface area contributed by atoms with Crippen LogP contribution in [0.4, 0.5) is 0 Å². The van der Waals surface area contributed by atoms with Crippen LogP contribution < -0.4 is 5.73 Å². The maximum Gasteiger partial charge on any atom is -0.00462 e. The Hall–Kier alpha value is -0.0400. The Morgan fingerprint density at radius 1 is 1.33 bits per heavy atom. The van der Waals surface area contributed by atoms with Gasteiger partial charge in [0.05, 0.1) is 0 Å². The smallest absolute Gasteiger partial charge is 0.00462 e. The van der Waals surface area contributed by atoms with Crippen molar-refractivity contribution < 1.29 is 0 Å². The zero-order valence-electron chi connectivity index (χ0n) is 8.55. The van der Waals surface area contributed by atoms with Crippen LogP contribution in [-0.2, 0) is 0 Å². The third-order valence-electron chi connectivity index (χ3n) is 3.36. The largest absolute Gasteiger partial charge is 0.330 e. The van der Waals surface area contributed by atoms with E-state index in [9.17, 15) is 0 Å². The summed E-state index contributed by atoms with van der Waals surface area (Å²) in [6.07, 6.45) is 6.99. The first-order chi connectivity index (χ1) is 5.77. The van der Waals surface area contributed by atoms with Crippen molar-refractivity contribution in [2.75, 3.05) is 6.54 Å². The summed E-state index contributed by atoms with van der Waals surface area (Å²) in [5.41, 5.74) is 5.67. The predicted octanol–water partition coefficient (Wildman–Crippen LogP) is 2.80. The lowest BCUT2D eigenvalue weighted by molar-refractivity contribution is 0.148. The highest BCUT2D eigenvalue weighted by molar-refractivity contribution is 4.82. The lowest BCUT2D eigenvalue weighted by Crippen LogP contribution is -2.33. The topological polar surface area (TPSA) is 26.0 Å². The summed E-state index contributed by atoms with van der Waals surface area (Å²) in [7, 11) is 0. The second-order valence-electron chi connectivity index (χ2n) is 4.46. The Labute approximate surface area is 76.7 Å². The lowest BCUT2D eigenvalue weighted by Gasteiger charge is -2.37. The first-order valence-electron chi connectivity index (χ1n) is 5.48. The normalized spacial score (nSPS) is 31.2. The average Bonchev–Trinajstić information content (AvgIpc) is 2.00. The van der Waals surface area contributed by atoms with Crippen molar-refractivity contribution in [2.45, 2.75) is 46.0 Å². The molecule has 1 heteroatoms. The summed E-state index contributed by atoms with van der Waals surface area (Å²) in [4.78, 5) is 0. The van der Waals surface area contributed by atoms with Crippen LogP contribution in [0.3, 0.4) is 0 Å². The van der Waals surface area contributed by atoms with E-state index in [1.807, 2.05) is 0 Å². The van der Waals surface area contributed by atoms with E-state index in [0.717, 1.165) is 24.3 Å². The monoisotopic (exact) mass is 169 g/mol. The van der Waals surface area contributed by atoms with Crippen LogP contribution >= 0.6 is 0 Å². The van der Waals surface area contributed by atoms with Gasteiger partial charge in [-0.05, 0) is 43.6 Å². The van der Waals surface area contributed by atoms with Crippen LogP contribution in [0.2, 0.25) is 0 Å². The molecule has 2 N–H and O–H groups in total. The highest BCUT2D eigenvalue weighted by Crippen LogP contribution is 2.38. The summed E-state index contributed by atoms with van der Waals surface area (Å²) in [6.45, 7) is 5.58. The Morgan fingerprint density at radius 3 is 2.42 bits per heavy atom. The number of nitrogens with two attached hydrogens (primary N) is 1. The van der Waals surface area contributed by atoms with Crippen molar-refractivity contribution in [3.05, 3.63) is 0 Å². The molecule has 1 fully saturated rings. The van der Waals surface area contributed by atoms with Crippen molar-refractivity contribution in [3.8, 4) is 0 Å². The van der Waals surface area contributed by atoms with Gasteiger partial charge in [-0.2, -0.15) is 0 Å². The minimum absolute atomic E-state index is 0.865. The summed E-state index contributed by atoms with van der Waals surface area (Å²) in [5, 5.41) is 0. The first kappa shape index (κ1) is 10.0. The fraction of sp³-hybridized carbons (Fsp3) is 1.00. The molecule has 12 heavy (non-hydrogen) atoms. The average molecular weight is 169 g/mol. The van der Waals surface area contributed by atoms with E-state index < -0.39 is 0 Å². The highest BCUT2D eigenvalue weighted by Gasteiger charge is 2.29. The zero-order valence-corrected chi connectivity index (χ0v) is 8.55. The molecule has 0 aliphatic heterocycles. The fourth-order valence-electron chi connectivity index (χ4n) is 2.39. The van der Waals surface area contributed by atoms with Gasteiger partial charge in [0.25, 0.3) is 0 Å². The Morgan fingerprint density at radius 2 is 2.00 bits per heavy atom.